The minimum Gasteiger partial charge on any atom is -0.465 e. The molecule has 0 aliphatic heterocycles. The van der Waals surface area contributed by atoms with Gasteiger partial charge in [0, 0.05) is 7.05 Å². The zero-order valence-corrected chi connectivity index (χ0v) is 10.2. The van der Waals surface area contributed by atoms with E-state index in [0.29, 0.717) is 16.7 Å². The maximum absolute atomic E-state index is 11.5. The fourth-order valence-electron chi connectivity index (χ4n) is 1.71. The average molecular weight is 250 g/mol. The summed E-state index contributed by atoms with van der Waals surface area (Å²) in [5, 5.41) is 0. The van der Waals surface area contributed by atoms with E-state index in [4.69, 9.17) is 14.9 Å². The van der Waals surface area contributed by atoms with Crippen molar-refractivity contribution in [3.8, 4) is 0 Å². The van der Waals surface area contributed by atoms with Crippen LogP contribution in [-0.2, 0) is 16.6 Å². The largest absolute Gasteiger partial charge is 0.465 e. The summed E-state index contributed by atoms with van der Waals surface area (Å²) in [6.45, 7) is 1.99. The summed E-state index contributed by atoms with van der Waals surface area (Å²) in [7, 11) is 1.61. The van der Waals surface area contributed by atoms with Gasteiger partial charge in [0.1, 0.15) is 6.04 Å². The van der Waals surface area contributed by atoms with E-state index in [-0.39, 0.29) is 6.61 Å². The molecule has 0 saturated heterocycles. The molecule has 2 N–H and O–H groups in total. The first-order chi connectivity index (χ1) is 8.54. The number of hydrogen-bond donors (Lipinski definition) is 1. The predicted molar refractivity (Wildman–Crippen MR) is 65.0 cm³/mol. The van der Waals surface area contributed by atoms with Crippen LogP contribution >= 0.6 is 0 Å². The van der Waals surface area contributed by atoms with Crippen molar-refractivity contribution in [2.45, 2.75) is 13.0 Å². The number of benzene rings is 1. The molecular weight excluding hydrogens is 236 g/mol. The smallest absolute Gasteiger partial charge is 0.419 e. The highest BCUT2D eigenvalue weighted by Crippen LogP contribution is 2.19. The first-order valence-electron chi connectivity index (χ1n) is 5.56. The molecular formula is C12H14N2O4. The van der Waals surface area contributed by atoms with Crippen LogP contribution in [0.1, 0.15) is 18.5 Å². The van der Waals surface area contributed by atoms with Crippen molar-refractivity contribution in [3.63, 3.8) is 0 Å². The van der Waals surface area contributed by atoms with Crippen molar-refractivity contribution in [3.05, 3.63) is 34.3 Å². The SMILES string of the molecule is CCOC(=O)C(N)c1ccc2c(c1)oc(=O)n2C. The van der Waals surface area contributed by atoms with Crippen molar-refractivity contribution < 1.29 is 13.9 Å². The lowest BCUT2D eigenvalue weighted by Crippen LogP contribution is -2.23. The lowest BCUT2D eigenvalue weighted by molar-refractivity contribution is -0.144. The monoisotopic (exact) mass is 250 g/mol. The van der Waals surface area contributed by atoms with Crippen molar-refractivity contribution >= 4 is 17.1 Å². The third-order valence-electron chi connectivity index (χ3n) is 2.72. The maximum atomic E-state index is 11.5. The van der Waals surface area contributed by atoms with Crippen LogP contribution in [0, 0.1) is 0 Å². The summed E-state index contributed by atoms with van der Waals surface area (Å²) in [5.41, 5.74) is 7.37. The number of nitrogens with two attached hydrogens (primary N) is 1. The Labute approximate surface area is 103 Å². The van der Waals surface area contributed by atoms with E-state index in [0.717, 1.165) is 0 Å². The number of nitrogens with zero attached hydrogens (tertiary/aromatic N) is 1. The van der Waals surface area contributed by atoms with E-state index in [2.05, 4.69) is 0 Å². The van der Waals surface area contributed by atoms with E-state index in [1.165, 1.54) is 4.57 Å². The van der Waals surface area contributed by atoms with Crippen LogP contribution in [0.5, 0.6) is 0 Å². The topological polar surface area (TPSA) is 87.5 Å². The molecule has 0 fully saturated rings. The van der Waals surface area contributed by atoms with Gasteiger partial charge < -0.3 is 14.9 Å². The Kier molecular flexibility index (Phi) is 3.20. The molecule has 0 aliphatic rings. The molecule has 1 unspecified atom stereocenters. The molecule has 0 amide bonds. The molecule has 96 valence electrons. The highest BCUT2D eigenvalue weighted by molar-refractivity contribution is 5.80. The molecule has 0 radical (unpaired) electrons. The van der Waals surface area contributed by atoms with Crippen LogP contribution in [0.2, 0.25) is 0 Å². The number of esters is 1. The van der Waals surface area contributed by atoms with Crippen LogP contribution in [0.25, 0.3) is 11.1 Å². The molecule has 1 aromatic heterocycles. The number of ether oxygens (including phenoxy) is 1. The molecule has 18 heavy (non-hydrogen) atoms. The quantitative estimate of drug-likeness (QED) is 0.810. The van der Waals surface area contributed by atoms with Gasteiger partial charge in [-0.05, 0) is 24.6 Å². The molecule has 6 heteroatoms. The third kappa shape index (κ3) is 2.02. The summed E-state index contributed by atoms with van der Waals surface area (Å²) in [6, 6.07) is 4.08. The number of aromatic nitrogens is 1. The van der Waals surface area contributed by atoms with Gasteiger partial charge in [0.2, 0.25) is 0 Å². The van der Waals surface area contributed by atoms with Gasteiger partial charge in [-0.25, -0.2) is 9.59 Å². The molecule has 1 heterocycles. The molecule has 6 nitrogen and oxygen atoms in total. The fraction of sp³-hybridized carbons (Fsp3) is 0.333. The number of aryl methyl sites for hydroxylation is 1. The summed E-state index contributed by atoms with van der Waals surface area (Å²) >= 11 is 0. The van der Waals surface area contributed by atoms with E-state index < -0.39 is 17.8 Å². The molecule has 2 aromatic rings. The van der Waals surface area contributed by atoms with Gasteiger partial charge in [0.05, 0.1) is 12.1 Å². The summed E-state index contributed by atoms with van der Waals surface area (Å²) in [4.78, 5) is 22.8. The van der Waals surface area contributed by atoms with E-state index in [1.807, 2.05) is 0 Å². The lowest BCUT2D eigenvalue weighted by atomic mass is 10.1. The predicted octanol–water partition coefficient (Wildman–Crippen LogP) is 0.694. The lowest BCUT2D eigenvalue weighted by Gasteiger charge is -2.10. The molecule has 1 atom stereocenters. The molecule has 0 bridgehead atoms. The zero-order valence-electron chi connectivity index (χ0n) is 10.2. The van der Waals surface area contributed by atoms with Crippen LogP contribution in [0.15, 0.2) is 27.4 Å². The van der Waals surface area contributed by atoms with Crippen LogP contribution in [-0.4, -0.2) is 17.1 Å². The van der Waals surface area contributed by atoms with Gasteiger partial charge in [0.25, 0.3) is 0 Å². The second kappa shape index (κ2) is 4.66. The molecule has 1 aromatic carbocycles. The molecule has 0 saturated carbocycles. The zero-order chi connectivity index (χ0) is 13.3. The van der Waals surface area contributed by atoms with Gasteiger partial charge in [-0.2, -0.15) is 0 Å². The molecule has 0 spiro atoms. The van der Waals surface area contributed by atoms with E-state index in [9.17, 15) is 9.59 Å². The highest BCUT2D eigenvalue weighted by atomic mass is 16.5. The third-order valence-corrected chi connectivity index (χ3v) is 2.72. The molecule has 0 aliphatic carbocycles. The van der Waals surface area contributed by atoms with Gasteiger partial charge in [0.15, 0.2) is 5.58 Å². The first kappa shape index (κ1) is 12.4. The fourth-order valence-corrected chi connectivity index (χ4v) is 1.71. The minimum atomic E-state index is -0.875. The van der Waals surface area contributed by atoms with Crippen LogP contribution < -0.4 is 11.5 Å². The Balaban J connectivity index is 2.41. The van der Waals surface area contributed by atoms with Gasteiger partial charge >= 0.3 is 11.7 Å². The minimum absolute atomic E-state index is 0.273. The van der Waals surface area contributed by atoms with Gasteiger partial charge in [-0.3, -0.25) is 4.57 Å². The Bertz CT molecular complexity index is 641. The Morgan fingerprint density at radius 3 is 2.94 bits per heavy atom. The number of carbonyl (C=O) groups excluding carboxylic acids is 1. The summed E-state index contributed by atoms with van der Waals surface area (Å²) in [5.74, 6) is -0.956. The van der Waals surface area contributed by atoms with Crippen LogP contribution in [0.3, 0.4) is 0 Å². The second-order valence-electron chi connectivity index (χ2n) is 3.88. The standard InChI is InChI=1S/C12H14N2O4/c1-3-17-11(15)10(13)7-4-5-8-9(6-7)18-12(16)14(8)2/h4-6,10H,3,13H2,1-2H3. The van der Waals surface area contributed by atoms with E-state index >= 15 is 0 Å². The number of oxazole rings is 1. The Morgan fingerprint density at radius 1 is 1.56 bits per heavy atom. The average Bonchev–Trinajstić information content (AvgIpc) is 2.64. The summed E-state index contributed by atoms with van der Waals surface area (Å²) in [6.07, 6.45) is 0. The molecule has 2 rings (SSSR count). The number of hydrogen-bond acceptors (Lipinski definition) is 5. The van der Waals surface area contributed by atoms with Crippen LogP contribution in [0.4, 0.5) is 0 Å². The normalized spacial score (nSPS) is 12.6. The highest BCUT2D eigenvalue weighted by Gasteiger charge is 2.18. The first-order valence-corrected chi connectivity index (χ1v) is 5.56. The van der Waals surface area contributed by atoms with Crippen molar-refractivity contribution in [2.75, 3.05) is 6.61 Å². The Morgan fingerprint density at radius 2 is 2.28 bits per heavy atom. The number of fused-ring (bicyclic) bond motifs is 1. The number of carbonyl (C=O) groups is 1. The Hall–Kier alpha value is -2.08. The van der Waals surface area contributed by atoms with Crippen molar-refractivity contribution in [1.29, 1.82) is 0 Å². The van der Waals surface area contributed by atoms with Crippen molar-refractivity contribution in [1.82, 2.24) is 4.57 Å². The van der Waals surface area contributed by atoms with Crippen molar-refractivity contribution in [2.24, 2.45) is 12.8 Å². The maximum Gasteiger partial charge on any atom is 0.419 e. The number of rotatable bonds is 3. The summed E-state index contributed by atoms with van der Waals surface area (Å²) < 4.78 is 11.3. The van der Waals surface area contributed by atoms with Gasteiger partial charge in [-0.1, -0.05) is 6.07 Å². The van der Waals surface area contributed by atoms with E-state index in [1.54, 1.807) is 32.2 Å². The second-order valence-corrected chi connectivity index (χ2v) is 3.88. The van der Waals surface area contributed by atoms with Gasteiger partial charge in [-0.15, -0.1) is 0 Å².